The summed E-state index contributed by atoms with van der Waals surface area (Å²) in [5, 5.41) is 0. The summed E-state index contributed by atoms with van der Waals surface area (Å²) in [5.41, 5.74) is 0.517. The van der Waals surface area contributed by atoms with Crippen LogP contribution in [0.15, 0.2) is 0 Å². The van der Waals surface area contributed by atoms with Gasteiger partial charge in [0.2, 0.25) is 0 Å². The van der Waals surface area contributed by atoms with Crippen molar-refractivity contribution in [3.05, 3.63) is 0 Å². The standard InChI is InChI=1S/C13H25NO2S/c1-10-8-13(6-7-17(5,15)16)9-11(13)14(10)12(2,3)4/h10-11H,6-9H2,1-5H3/t10-,11-,13+/m1/s1. The Morgan fingerprint density at radius 1 is 1.29 bits per heavy atom. The smallest absolute Gasteiger partial charge is 0.147 e. The van der Waals surface area contributed by atoms with Gasteiger partial charge in [-0.1, -0.05) is 0 Å². The minimum absolute atomic E-state index is 0.202. The van der Waals surface area contributed by atoms with Crippen LogP contribution in [0.3, 0.4) is 0 Å². The van der Waals surface area contributed by atoms with E-state index in [9.17, 15) is 8.42 Å². The van der Waals surface area contributed by atoms with Gasteiger partial charge in [-0.25, -0.2) is 8.42 Å². The van der Waals surface area contributed by atoms with Gasteiger partial charge in [-0.15, -0.1) is 0 Å². The van der Waals surface area contributed by atoms with Crippen LogP contribution in [0.2, 0.25) is 0 Å². The van der Waals surface area contributed by atoms with Crippen molar-refractivity contribution in [1.82, 2.24) is 4.90 Å². The van der Waals surface area contributed by atoms with Crippen LogP contribution in [0.25, 0.3) is 0 Å². The van der Waals surface area contributed by atoms with Crippen molar-refractivity contribution in [2.75, 3.05) is 12.0 Å². The molecule has 1 aliphatic carbocycles. The maximum atomic E-state index is 11.3. The van der Waals surface area contributed by atoms with Crippen LogP contribution in [-0.2, 0) is 9.84 Å². The average molecular weight is 259 g/mol. The summed E-state index contributed by atoms with van der Waals surface area (Å²) < 4.78 is 22.6. The Labute approximate surface area is 105 Å². The Kier molecular flexibility index (Phi) is 2.91. The molecule has 0 aromatic carbocycles. The van der Waals surface area contributed by atoms with E-state index < -0.39 is 9.84 Å². The Balaban J connectivity index is 2.05. The van der Waals surface area contributed by atoms with Crippen molar-refractivity contribution in [2.45, 2.75) is 64.6 Å². The predicted octanol–water partition coefficient (Wildman–Crippen LogP) is 2.07. The molecule has 1 aliphatic heterocycles. The molecule has 0 N–H and O–H groups in total. The molecular weight excluding hydrogens is 234 g/mol. The van der Waals surface area contributed by atoms with Crippen molar-refractivity contribution in [3.8, 4) is 0 Å². The lowest BCUT2D eigenvalue weighted by Crippen LogP contribution is -2.45. The van der Waals surface area contributed by atoms with E-state index in [1.165, 1.54) is 19.1 Å². The zero-order valence-electron chi connectivity index (χ0n) is 11.7. The Hall–Kier alpha value is -0.0900. The molecular formula is C13H25NO2S. The molecule has 1 heterocycles. The van der Waals surface area contributed by atoms with Gasteiger partial charge >= 0.3 is 0 Å². The zero-order chi connectivity index (χ0) is 13.1. The summed E-state index contributed by atoms with van der Waals surface area (Å²) in [6.07, 6.45) is 4.57. The third kappa shape index (κ3) is 2.53. The van der Waals surface area contributed by atoms with Gasteiger partial charge in [-0.05, 0) is 52.4 Å². The van der Waals surface area contributed by atoms with Crippen molar-refractivity contribution < 1.29 is 8.42 Å². The highest BCUT2D eigenvalue weighted by Crippen LogP contribution is 2.63. The normalized spacial score (nSPS) is 38.2. The highest BCUT2D eigenvalue weighted by molar-refractivity contribution is 7.90. The number of sulfone groups is 1. The molecule has 3 nitrogen and oxygen atoms in total. The largest absolute Gasteiger partial charge is 0.292 e. The monoisotopic (exact) mass is 259 g/mol. The lowest BCUT2D eigenvalue weighted by Gasteiger charge is -2.37. The molecule has 100 valence electrons. The van der Waals surface area contributed by atoms with Crippen molar-refractivity contribution in [1.29, 1.82) is 0 Å². The Morgan fingerprint density at radius 2 is 1.88 bits per heavy atom. The first-order chi connectivity index (χ1) is 7.55. The molecule has 0 bridgehead atoms. The van der Waals surface area contributed by atoms with Crippen molar-refractivity contribution in [3.63, 3.8) is 0 Å². The molecule has 0 spiro atoms. The molecule has 0 aromatic heterocycles. The number of nitrogens with zero attached hydrogens (tertiary/aromatic N) is 1. The van der Waals surface area contributed by atoms with Crippen LogP contribution in [0, 0.1) is 5.41 Å². The second kappa shape index (κ2) is 3.70. The third-order valence-electron chi connectivity index (χ3n) is 4.40. The second-order valence-electron chi connectivity index (χ2n) is 7.09. The van der Waals surface area contributed by atoms with Gasteiger partial charge < -0.3 is 0 Å². The highest BCUT2D eigenvalue weighted by atomic mass is 32.2. The van der Waals surface area contributed by atoms with Crippen molar-refractivity contribution in [2.24, 2.45) is 5.41 Å². The molecule has 1 saturated carbocycles. The second-order valence-corrected chi connectivity index (χ2v) is 9.35. The molecule has 0 unspecified atom stereocenters. The highest BCUT2D eigenvalue weighted by Gasteiger charge is 2.64. The van der Waals surface area contributed by atoms with Crippen LogP contribution in [0.4, 0.5) is 0 Å². The lowest BCUT2D eigenvalue weighted by molar-refractivity contribution is 0.104. The average Bonchev–Trinajstić information content (AvgIpc) is 2.66. The number of piperidine rings is 1. The third-order valence-corrected chi connectivity index (χ3v) is 5.35. The van der Waals surface area contributed by atoms with Gasteiger partial charge in [0.1, 0.15) is 9.84 Å². The molecule has 0 aromatic rings. The number of hydrogen-bond acceptors (Lipinski definition) is 3. The van der Waals surface area contributed by atoms with Gasteiger partial charge in [-0.2, -0.15) is 0 Å². The topological polar surface area (TPSA) is 37.4 Å². The summed E-state index contributed by atoms with van der Waals surface area (Å²) >= 11 is 0. The van der Waals surface area contributed by atoms with Crippen LogP contribution >= 0.6 is 0 Å². The summed E-state index contributed by atoms with van der Waals surface area (Å²) in [6.45, 7) is 9.05. The Morgan fingerprint density at radius 3 is 2.29 bits per heavy atom. The van der Waals surface area contributed by atoms with Gasteiger partial charge in [0.15, 0.2) is 0 Å². The number of rotatable bonds is 3. The van der Waals surface area contributed by atoms with E-state index >= 15 is 0 Å². The molecule has 1 saturated heterocycles. The molecule has 0 amide bonds. The van der Waals surface area contributed by atoms with Gasteiger partial charge in [0.05, 0.1) is 5.75 Å². The van der Waals surface area contributed by atoms with E-state index in [1.54, 1.807) is 0 Å². The van der Waals surface area contributed by atoms with Gasteiger partial charge in [0.25, 0.3) is 0 Å². The number of hydrogen-bond donors (Lipinski definition) is 0. The Bertz CT molecular complexity index is 410. The van der Waals surface area contributed by atoms with Gasteiger partial charge in [0, 0.05) is 23.9 Å². The molecule has 2 fully saturated rings. The molecule has 2 rings (SSSR count). The first-order valence-corrected chi connectivity index (χ1v) is 8.57. The predicted molar refractivity (Wildman–Crippen MR) is 70.8 cm³/mol. The number of likely N-dealkylation sites (tertiary alicyclic amines) is 1. The van der Waals surface area contributed by atoms with Crippen LogP contribution in [-0.4, -0.2) is 42.9 Å². The summed E-state index contributed by atoms with van der Waals surface area (Å²) in [7, 11) is -2.81. The SMILES string of the molecule is C[C@@H]1C[C@@]2(CCS(C)(=O)=O)C[C@H]2N1C(C)(C)C. The minimum atomic E-state index is -2.81. The van der Waals surface area contributed by atoms with Crippen molar-refractivity contribution >= 4 is 9.84 Å². The fraction of sp³-hybridized carbons (Fsp3) is 1.00. The van der Waals surface area contributed by atoms with E-state index in [4.69, 9.17) is 0 Å². The minimum Gasteiger partial charge on any atom is -0.292 e. The van der Waals surface area contributed by atoms with E-state index in [0.717, 1.165) is 6.42 Å². The maximum Gasteiger partial charge on any atom is 0.147 e. The zero-order valence-corrected chi connectivity index (χ0v) is 12.5. The lowest BCUT2D eigenvalue weighted by atomic mass is 9.97. The number of fused-ring (bicyclic) bond motifs is 1. The van der Waals surface area contributed by atoms with E-state index in [1.807, 2.05) is 0 Å². The summed E-state index contributed by atoms with van der Waals surface area (Å²) in [6, 6.07) is 1.22. The molecule has 0 radical (unpaired) electrons. The molecule has 17 heavy (non-hydrogen) atoms. The molecule has 4 heteroatoms. The first-order valence-electron chi connectivity index (χ1n) is 6.51. The molecule has 2 aliphatic rings. The fourth-order valence-electron chi connectivity index (χ4n) is 3.82. The van der Waals surface area contributed by atoms with E-state index in [-0.39, 0.29) is 5.54 Å². The quantitative estimate of drug-likeness (QED) is 0.778. The van der Waals surface area contributed by atoms with Crippen LogP contribution < -0.4 is 0 Å². The van der Waals surface area contributed by atoms with E-state index in [2.05, 4.69) is 32.6 Å². The summed E-state index contributed by atoms with van der Waals surface area (Å²) in [4.78, 5) is 2.59. The van der Waals surface area contributed by atoms with E-state index in [0.29, 0.717) is 23.3 Å². The fourth-order valence-corrected chi connectivity index (χ4v) is 4.60. The maximum absolute atomic E-state index is 11.3. The summed E-state index contributed by atoms with van der Waals surface area (Å²) in [5.74, 6) is 0.355. The first kappa shape index (κ1) is 13.3. The van der Waals surface area contributed by atoms with Crippen LogP contribution in [0.1, 0.15) is 47.0 Å². The van der Waals surface area contributed by atoms with Gasteiger partial charge in [-0.3, -0.25) is 4.90 Å². The van der Waals surface area contributed by atoms with Crippen LogP contribution in [0.5, 0.6) is 0 Å². The molecule has 3 atom stereocenters.